The lowest BCUT2D eigenvalue weighted by atomic mass is 10.1. The maximum Gasteiger partial charge on any atom is 0.156 e. The van der Waals surface area contributed by atoms with Gasteiger partial charge < -0.3 is 10.6 Å². The van der Waals surface area contributed by atoms with Crippen LogP contribution in [0.4, 0.5) is 11.5 Å². The van der Waals surface area contributed by atoms with Gasteiger partial charge in [-0.2, -0.15) is 0 Å². The van der Waals surface area contributed by atoms with Crippen LogP contribution in [0.3, 0.4) is 0 Å². The number of aromatic nitrogens is 2. The highest BCUT2D eigenvalue weighted by Crippen LogP contribution is 2.28. The fourth-order valence-corrected chi connectivity index (χ4v) is 3.11. The first kappa shape index (κ1) is 15.1. The molecule has 1 aliphatic rings. The van der Waals surface area contributed by atoms with Crippen LogP contribution in [0.5, 0.6) is 0 Å². The molecule has 0 saturated heterocycles. The number of hydrogen-bond donors (Lipinski definition) is 2. The minimum Gasteiger partial charge on any atom is -0.368 e. The third-order valence-electron chi connectivity index (χ3n) is 4.07. The molecule has 3 heterocycles. The topological polar surface area (TPSA) is 62.2 Å². The van der Waals surface area contributed by atoms with E-state index in [1.54, 1.807) is 6.20 Å². The van der Waals surface area contributed by atoms with Crippen LogP contribution in [-0.2, 0) is 0 Å². The van der Waals surface area contributed by atoms with E-state index in [4.69, 9.17) is 0 Å². The molecular weight excluding hydrogens is 366 g/mol. The molecule has 0 saturated carbocycles. The van der Waals surface area contributed by atoms with Crippen molar-refractivity contribution in [3.05, 3.63) is 58.3 Å². The molecule has 0 amide bonds. The van der Waals surface area contributed by atoms with Crippen molar-refractivity contribution >= 4 is 44.2 Å². The van der Waals surface area contributed by atoms with Crippen LogP contribution >= 0.6 is 15.9 Å². The Hall–Kier alpha value is -2.47. The van der Waals surface area contributed by atoms with E-state index >= 15 is 0 Å². The number of nitrogens with zero attached hydrogens (tertiary/aromatic N) is 3. The minimum absolute atomic E-state index is 0.751. The summed E-state index contributed by atoms with van der Waals surface area (Å²) in [5.74, 6) is 1.67. The van der Waals surface area contributed by atoms with Gasteiger partial charge in [0.25, 0.3) is 0 Å². The van der Waals surface area contributed by atoms with Gasteiger partial charge in [-0.3, -0.25) is 9.98 Å². The predicted molar refractivity (Wildman–Crippen MR) is 101 cm³/mol. The van der Waals surface area contributed by atoms with Crippen LogP contribution in [0.1, 0.15) is 11.1 Å². The van der Waals surface area contributed by atoms with Crippen molar-refractivity contribution in [1.82, 2.24) is 15.3 Å². The second-order valence-electron chi connectivity index (χ2n) is 5.65. The van der Waals surface area contributed by atoms with E-state index in [1.165, 1.54) is 0 Å². The van der Waals surface area contributed by atoms with E-state index in [-0.39, 0.29) is 0 Å². The molecule has 0 aliphatic carbocycles. The van der Waals surface area contributed by atoms with Crippen molar-refractivity contribution in [3.8, 4) is 0 Å². The van der Waals surface area contributed by atoms with Crippen molar-refractivity contribution < 1.29 is 0 Å². The average Bonchev–Trinajstić information content (AvgIpc) is 3.13. The van der Waals surface area contributed by atoms with Gasteiger partial charge in [-0.15, -0.1) is 0 Å². The van der Waals surface area contributed by atoms with Crippen LogP contribution in [0.25, 0.3) is 10.9 Å². The van der Waals surface area contributed by atoms with Gasteiger partial charge in [0.15, 0.2) is 5.82 Å². The predicted octanol–water partition coefficient (Wildman–Crippen LogP) is 3.79. The molecule has 0 fully saturated rings. The first-order valence-corrected chi connectivity index (χ1v) is 8.57. The number of amidine groups is 1. The summed E-state index contributed by atoms with van der Waals surface area (Å²) in [7, 11) is 0. The summed E-state index contributed by atoms with van der Waals surface area (Å²) in [6, 6.07) is 10.1. The Balaban J connectivity index is 1.75. The largest absolute Gasteiger partial charge is 0.368 e. The molecule has 0 atom stereocenters. The number of pyridine rings is 2. The van der Waals surface area contributed by atoms with E-state index in [0.29, 0.717) is 0 Å². The summed E-state index contributed by atoms with van der Waals surface area (Å²) in [6.45, 7) is 3.77. The molecule has 24 heavy (non-hydrogen) atoms. The van der Waals surface area contributed by atoms with E-state index < -0.39 is 0 Å². The molecular formula is C18H16BrN5. The minimum atomic E-state index is 0.751. The first-order valence-electron chi connectivity index (χ1n) is 7.78. The van der Waals surface area contributed by atoms with Gasteiger partial charge in [-0.1, -0.05) is 22.0 Å². The smallest absolute Gasteiger partial charge is 0.156 e. The normalized spacial score (nSPS) is 13.7. The van der Waals surface area contributed by atoms with Crippen LogP contribution in [0.15, 0.2) is 52.2 Å². The second kappa shape index (κ2) is 6.20. The monoisotopic (exact) mass is 381 g/mol. The van der Waals surface area contributed by atoms with Crippen molar-refractivity contribution in [2.24, 2.45) is 4.99 Å². The Morgan fingerprint density at radius 1 is 1.21 bits per heavy atom. The molecule has 3 aromatic rings. The van der Waals surface area contributed by atoms with E-state index in [2.05, 4.69) is 54.5 Å². The first-order chi connectivity index (χ1) is 11.7. The van der Waals surface area contributed by atoms with Gasteiger partial charge in [-0.05, 0) is 36.8 Å². The number of rotatable bonds is 3. The number of hydrogen-bond acceptors (Lipinski definition) is 5. The number of halogens is 1. The zero-order valence-electron chi connectivity index (χ0n) is 13.2. The fourth-order valence-electron chi connectivity index (χ4n) is 2.74. The maximum absolute atomic E-state index is 4.62. The highest BCUT2D eigenvalue weighted by Gasteiger charge is 2.12. The van der Waals surface area contributed by atoms with Crippen molar-refractivity contribution in [3.63, 3.8) is 0 Å². The molecule has 1 aromatic carbocycles. The quantitative estimate of drug-likeness (QED) is 0.724. The van der Waals surface area contributed by atoms with Crippen LogP contribution in [0, 0.1) is 6.92 Å². The SMILES string of the molecule is Cc1c(Br)cccc1Nc1nccc2cc(C3=NCCN3)cnc12. The average molecular weight is 382 g/mol. The van der Waals surface area contributed by atoms with Crippen LogP contribution < -0.4 is 10.6 Å². The van der Waals surface area contributed by atoms with Gasteiger partial charge >= 0.3 is 0 Å². The maximum atomic E-state index is 4.62. The Morgan fingerprint density at radius 3 is 2.96 bits per heavy atom. The Labute approximate surface area is 148 Å². The van der Waals surface area contributed by atoms with Crippen molar-refractivity contribution in [2.75, 3.05) is 18.4 Å². The van der Waals surface area contributed by atoms with Gasteiger partial charge in [0, 0.05) is 40.0 Å². The zero-order valence-corrected chi connectivity index (χ0v) is 14.8. The second-order valence-corrected chi connectivity index (χ2v) is 6.50. The zero-order chi connectivity index (χ0) is 16.5. The number of aliphatic imine (C=N–C) groups is 1. The van der Waals surface area contributed by atoms with Crippen molar-refractivity contribution in [1.29, 1.82) is 0 Å². The molecule has 1 aliphatic heterocycles. The summed E-state index contributed by atoms with van der Waals surface area (Å²) in [5.41, 5.74) is 4.00. The van der Waals surface area contributed by atoms with Crippen LogP contribution in [0.2, 0.25) is 0 Å². The standard InChI is InChI=1S/C18H16BrN5/c1-11-14(19)3-2-4-15(11)24-18-16-12(5-6-20-18)9-13(10-23-16)17-21-7-8-22-17/h2-6,9-10H,7-8H2,1H3,(H,20,24)(H,21,22). The van der Waals surface area contributed by atoms with Crippen molar-refractivity contribution in [2.45, 2.75) is 6.92 Å². The fraction of sp³-hybridized carbons (Fsp3) is 0.167. The Bertz CT molecular complexity index is 951. The summed E-state index contributed by atoms with van der Waals surface area (Å²) < 4.78 is 1.06. The van der Waals surface area contributed by atoms with E-state index in [9.17, 15) is 0 Å². The van der Waals surface area contributed by atoms with Gasteiger partial charge in [0.1, 0.15) is 11.4 Å². The highest BCUT2D eigenvalue weighted by atomic mass is 79.9. The molecule has 4 rings (SSSR count). The van der Waals surface area contributed by atoms with E-state index in [1.807, 2.05) is 30.5 Å². The lowest BCUT2D eigenvalue weighted by molar-refractivity contribution is 0.960. The van der Waals surface area contributed by atoms with Gasteiger partial charge in [-0.25, -0.2) is 4.98 Å². The molecule has 5 nitrogen and oxygen atoms in total. The lowest BCUT2D eigenvalue weighted by Gasteiger charge is -2.12. The molecule has 0 bridgehead atoms. The Kier molecular flexibility index (Phi) is 3.90. The third-order valence-corrected chi connectivity index (χ3v) is 4.93. The summed E-state index contributed by atoms with van der Waals surface area (Å²) in [4.78, 5) is 13.5. The molecule has 0 radical (unpaired) electrons. The molecule has 2 N–H and O–H groups in total. The third kappa shape index (κ3) is 2.73. The summed E-state index contributed by atoms with van der Waals surface area (Å²) in [5, 5.41) is 7.71. The summed E-state index contributed by atoms with van der Waals surface area (Å²) in [6.07, 6.45) is 3.65. The molecule has 120 valence electrons. The Morgan fingerprint density at radius 2 is 2.12 bits per heavy atom. The van der Waals surface area contributed by atoms with Crippen LogP contribution in [-0.4, -0.2) is 28.9 Å². The number of anilines is 2. The number of fused-ring (bicyclic) bond motifs is 1. The van der Waals surface area contributed by atoms with Gasteiger partial charge in [0.2, 0.25) is 0 Å². The summed E-state index contributed by atoms with van der Waals surface area (Å²) >= 11 is 3.56. The molecule has 2 aromatic heterocycles. The molecule has 0 spiro atoms. The highest BCUT2D eigenvalue weighted by molar-refractivity contribution is 9.10. The number of nitrogens with one attached hydrogen (secondary N) is 2. The van der Waals surface area contributed by atoms with E-state index in [0.717, 1.165) is 56.9 Å². The van der Waals surface area contributed by atoms with Gasteiger partial charge in [0.05, 0.1) is 6.54 Å². The molecule has 6 heteroatoms. The lowest BCUT2D eigenvalue weighted by Crippen LogP contribution is -2.19. The molecule has 0 unspecified atom stereocenters. The number of benzene rings is 1.